The molecule has 0 unspecified atom stereocenters. The number of nitrogens with one attached hydrogen (secondary N) is 1. The van der Waals surface area contributed by atoms with E-state index in [0.29, 0.717) is 5.57 Å². The summed E-state index contributed by atoms with van der Waals surface area (Å²) in [6.45, 7) is 4.97. The largest absolute Gasteiger partial charge is 0.858 e. The van der Waals surface area contributed by atoms with Crippen molar-refractivity contribution in [3.63, 3.8) is 0 Å². The molecule has 0 atom stereocenters. The number of rotatable bonds is 2. The first kappa shape index (κ1) is 7.39. The lowest BCUT2D eigenvalue weighted by Gasteiger charge is -2.05. The van der Waals surface area contributed by atoms with Gasteiger partial charge in [0.2, 0.25) is 0 Å². The molecule has 0 saturated carbocycles. The number of aromatic amines is 1. The van der Waals surface area contributed by atoms with E-state index in [2.05, 4.69) is 32.2 Å². The lowest BCUT2D eigenvalue weighted by molar-refractivity contribution is -0.213. The Morgan fingerprint density at radius 1 is 1.73 bits per heavy atom. The number of aliphatic imine (C=N–C) groups is 1. The Balaban J connectivity index is 2.82. The molecule has 1 aromatic heterocycles. The molecule has 6 nitrogen and oxygen atoms in total. The molecule has 0 aliphatic heterocycles. The molecule has 58 valence electrons. The van der Waals surface area contributed by atoms with Gasteiger partial charge in [-0.15, -0.1) is 5.10 Å². The first-order valence-corrected chi connectivity index (χ1v) is 2.85. The zero-order valence-corrected chi connectivity index (χ0v) is 5.90. The zero-order chi connectivity index (χ0) is 8.27. The summed E-state index contributed by atoms with van der Waals surface area (Å²) in [6, 6.07) is 0. The van der Waals surface area contributed by atoms with Crippen molar-refractivity contribution in [3.05, 3.63) is 12.2 Å². The molecule has 0 aromatic carbocycles. The Labute approximate surface area is 62.7 Å². The summed E-state index contributed by atoms with van der Waals surface area (Å²) in [5.74, 6) is -0.413. The van der Waals surface area contributed by atoms with Gasteiger partial charge in [0.15, 0.2) is 0 Å². The maximum atomic E-state index is 10.8. The second-order valence-corrected chi connectivity index (χ2v) is 1.91. The number of hydrogen-bond acceptors (Lipinski definition) is 5. The lowest BCUT2D eigenvalue weighted by Crippen LogP contribution is -2.17. The molecule has 0 spiro atoms. The summed E-state index contributed by atoms with van der Waals surface area (Å²) in [4.78, 5) is 3.46. The van der Waals surface area contributed by atoms with Crippen LogP contribution in [0.5, 0.6) is 0 Å². The minimum atomic E-state index is -0.439. The molecular formula is C5H6N5O-. The van der Waals surface area contributed by atoms with Crippen molar-refractivity contribution < 1.29 is 5.11 Å². The van der Waals surface area contributed by atoms with E-state index in [-0.39, 0.29) is 5.95 Å². The molecule has 0 saturated heterocycles. The monoisotopic (exact) mass is 152 g/mol. The average Bonchev–Trinajstić information content (AvgIpc) is 2.39. The molecule has 1 aromatic rings. The molecule has 0 fully saturated rings. The average molecular weight is 152 g/mol. The van der Waals surface area contributed by atoms with Gasteiger partial charge in [0.25, 0.3) is 5.95 Å². The Kier molecular flexibility index (Phi) is 1.95. The van der Waals surface area contributed by atoms with E-state index >= 15 is 0 Å². The van der Waals surface area contributed by atoms with Crippen LogP contribution < -0.4 is 5.11 Å². The SMILES string of the molecule is C=C(C)/C([O-])=N/c1nn[nH]n1. The molecule has 1 rings (SSSR count). The Morgan fingerprint density at radius 2 is 2.45 bits per heavy atom. The normalized spacial score (nSPS) is 11.5. The third-order valence-electron chi connectivity index (χ3n) is 0.901. The van der Waals surface area contributed by atoms with E-state index in [1.54, 1.807) is 6.92 Å². The van der Waals surface area contributed by atoms with Crippen LogP contribution in [-0.4, -0.2) is 26.5 Å². The van der Waals surface area contributed by atoms with E-state index in [1.165, 1.54) is 0 Å². The third kappa shape index (κ3) is 1.85. The highest BCUT2D eigenvalue weighted by atomic mass is 16.3. The van der Waals surface area contributed by atoms with Crippen molar-refractivity contribution in [3.8, 4) is 0 Å². The van der Waals surface area contributed by atoms with Gasteiger partial charge in [-0.05, 0) is 23.6 Å². The van der Waals surface area contributed by atoms with E-state index in [1.807, 2.05) is 0 Å². The number of nitrogens with zero attached hydrogens (tertiary/aromatic N) is 4. The van der Waals surface area contributed by atoms with Crippen LogP contribution in [-0.2, 0) is 0 Å². The smallest absolute Gasteiger partial charge is 0.288 e. The minimum Gasteiger partial charge on any atom is -0.858 e. The summed E-state index contributed by atoms with van der Waals surface area (Å²) in [7, 11) is 0. The Hall–Kier alpha value is -1.72. The topological polar surface area (TPSA) is 89.9 Å². The van der Waals surface area contributed by atoms with Crippen LogP contribution in [0.4, 0.5) is 5.95 Å². The Bertz CT molecular complexity index is 275. The molecule has 0 bridgehead atoms. The van der Waals surface area contributed by atoms with Gasteiger partial charge in [-0.3, -0.25) is 0 Å². The third-order valence-corrected chi connectivity index (χ3v) is 0.901. The van der Waals surface area contributed by atoms with E-state index in [4.69, 9.17) is 0 Å². The summed E-state index contributed by atoms with van der Waals surface area (Å²) in [6.07, 6.45) is 0. The highest BCUT2D eigenvalue weighted by Crippen LogP contribution is 1.98. The van der Waals surface area contributed by atoms with E-state index < -0.39 is 5.90 Å². The molecule has 11 heavy (non-hydrogen) atoms. The maximum Gasteiger partial charge on any atom is 0.288 e. The fourth-order valence-corrected chi connectivity index (χ4v) is 0.390. The quantitative estimate of drug-likeness (QED) is 0.442. The summed E-state index contributed by atoms with van der Waals surface area (Å²) in [5, 5.41) is 23.1. The van der Waals surface area contributed by atoms with Crippen LogP contribution in [0, 0.1) is 0 Å². The molecular weight excluding hydrogens is 146 g/mol. The summed E-state index contributed by atoms with van der Waals surface area (Å²) < 4.78 is 0. The second kappa shape index (κ2) is 2.91. The standard InChI is InChI=1S/C5H7N5O/c1-3(2)4(11)6-5-7-9-10-8-5/h1H2,2H3,(H2,6,7,8,9,10,11)/p-1. The fraction of sp³-hybridized carbons (Fsp3) is 0.200. The first-order chi connectivity index (χ1) is 5.20. The van der Waals surface area contributed by atoms with Gasteiger partial charge in [0.05, 0.1) is 0 Å². The predicted octanol–water partition coefficient (Wildman–Crippen LogP) is -0.834. The van der Waals surface area contributed by atoms with Gasteiger partial charge in [0, 0.05) is 0 Å². The van der Waals surface area contributed by atoms with Crippen LogP contribution in [0.3, 0.4) is 0 Å². The van der Waals surface area contributed by atoms with Crippen molar-refractivity contribution in [2.24, 2.45) is 4.99 Å². The fourth-order valence-electron chi connectivity index (χ4n) is 0.390. The van der Waals surface area contributed by atoms with Gasteiger partial charge in [0.1, 0.15) is 0 Å². The van der Waals surface area contributed by atoms with Gasteiger partial charge < -0.3 is 5.11 Å². The van der Waals surface area contributed by atoms with Gasteiger partial charge in [-0.25, -0.2) is 4.99 Å². The van der Waals surface area contributed by atoms with Crippen LogP contribution in [0.2, 0.25) is 0 Å². The van der Waals surface area contributed by atoms with Crippen LogP contribution in [0.1, 0.15) is 6.92 Å². The molecule has 1 heterocycles. The molecule has 0 amide bonds. The van der Waals surface area contributed by atoms with Gasteiger partial charge in [-0.1, -0.05) is 11.7 Å². The molecule has 0 radical (unpaired) electrons. The van der Waals surface area contributed by atoms with Crippen molar-refractivity contribution in [2.75, 3.05) is 0 Å². The predicted molar refractivity (Wildman–Crippen MR) is 36.1 cm³/mol. The van der Waals surface area contributed by atoms with E-state index in [9.17, 15) is 5.11 Å². The zero-order valence-electron chi connectivity index (χ0n) is 5.90. The van der Waals surface area contributed by atoms with Gasteiger partial charge in [-0.2, -0.15) is 5.21 Å². The van der Waals surface area contributed by atoms with Crippen molar-refractivity contribution >= 4 is 11.8 Å². The van der Waals surface area contributed by atoms with Crippen LogP contribution >= 0.6 is 0 Å². The van der Waals surface area contributed by atoms with Crippen LogP contribution in [0.15, 0.2) is 17.1 Å². The molecule has 0 aliphatic rings. The van der Waals surface area contributed by atoms with Crippen molar-refractivity contribution in [1.29, 1.82) is 0 Å². The highest BCUT2D eigenvalue weighted by molar-refractivity contribution is 5.89. The minimum absolute atomic E-state index is 0.0259. The number of hydrogen-bond donors (Lipinski definition) is 1. The maximum absolute atomic E-state index is 10.8. The second-order valence-electron chi connectivity index (χ2n) is 1.91. The molecule has 6 heteroatoms. The number of aromatic nitrogens is 4. The highest BCUT2D eigenvalue weighted by Gasteiger charge is 1.91. The first-order valence-electron chi connectivity index (χ1n) is 2.85. The lowest BCUT2D eigenvalue weighted by atomic mass is 10.3. The van der Waals surface area contributed by atoms with Crippen molar-refractivity contribution in [2.45, 2.75) is 6.92 Å². The number of tetrazole rings is 1. The van der Waals surface area contributed by atoms with E-state index in [0.717, 1.165) is 0 Å². The Morgan fingerprint density at radius 3 is 2.91 bits per heavy atom. The summed E-state index contributed by atoms with van der Waals surface area (Å²) >= 11 is 0. The molecule has 0 aliphatic carbocycles. The van der Waals surface area contributed by atoms with Gasteiger partial charge >= 0.3 is 0 Å². The summed E-state index contributed by atoms with van der Waals surface area (Å²) in [5.41, 5.74) is 0.342. The molecule has 1 N–H and O–H groups in total. The van der Waals surface area contributed by atoms with Crippen molar-refractivity contribution in [1.82, 2.24) is 20.6 Å². The number of H-pyrrole nitrogens is 1. The van der Waals surface area contributed by atoms with Crippen LogP contribution in [0.25, 0.3) is 0 Å².